The molecule has 0 radical (unpaired) electrons. The Hall–Kier alpha value is -0.660. The highest BCUT2D eigenvalue weighted by atomic mass is 32.2. The third-order valence-corrected chi connectivity index (χ3v) is 6.15. The Bertz CT molecular complexity index is 408. The van der Waals surface area contributed by atoms with Gasteiger partial charge >= 0.3 is 5.97 Å². The zero-order valence-electron chi connectivity index (χ0n) is 11.7. The molecule has 3 unspecified atom stereocenters. The Kier molecular flexibility index (Phi) is 5.76. The van der Waals surface area contributed by atoms with Crippen molar-refractivity contribution in [2.75, 3.05) is 20.3 Å². The highest BCUT2D eigenvalue weighted by Crippen LogP contribution is 2.27. The van der Waals surface area contributed by atoms with E-state index in [4.69, 9.17) is 9.84 Å². The highest BCUT2D eigenvalue weighted by Gasteiger charge is 2.38. The molecule has 7 heteroatoms. The number of hydrogen-bond acceptors (Lipinski definition) is 4. The van der Waals surface area contributed by atoms with E-state index in [9.17, 15) is 13.2 Å². The molecule has 1 N–H and O–H groups in total. The van der Waals surface area contributed by atoms with E-state index < -0.39 is 27.2 Å². The molecule has 1 heterocycles. The predicted molar refractivity (Wildman–Crippen MR) is 71.4 cm³/mol. The second-order valence-electron chi connectivity index (χ2n) is 5.17. The maximum Gasteiger partial charge on any atom is 0.307 e. The maximum atomic E-state index is 12.4. The van der Waals surface area contributed by atoms with E-state index in [2.05, 4.69) is 0 Å². The fourth-order valence-electron chi connectivity index (χ4n) is 2.29. The zero-order chi connectivity index (χ0) is 14.6. The van der Waals surface area contributed by atoms with Crippen molar-refractivity contribution >= 4 is 16.0 Å². The molecule has 0 aromatic carbocycles. The summed E-state index contributed by atoms with van der Waals surface area (Å²) in [5, 5.41) is 8.49. The van der Waals surface area contributed by atoms with E-state index in [0.29, 0.717) is 25.9 Å². The molecule has 1 aliphatic heterocycles. The summed E-state index contributed by atoms with van der Waals surface area (Å²) in [6.07, 6.45) is 1.54. The minimum Gasteiger partial charge on any atom is -0.481 e. The van der Waals surface area contributed by atoms with Crippen molar-refractivity contribution in [2.45, 2.75) is 44.4 Å². The molecule has 1 saturated heterocycles. The Morgan fingerprint density at radius 3 is 2.63 bits per heavy atom. The number of nitrogens with zero attached hydrogens (tertiary/aromatic N) is 1. The molecule has 0 bridgehead atoms. The lowest BCUT2D eigenvalue weighted by Crippen LogP contribution is -2.50. The molecule has 6 nitrogen and oxygen atoms in total. The molecule has 112 valence electrons. The molecule has 3 atom stereocenters. The fourth-order valence-corrected chi connectivity index (χ4v) is 4.15. The summed E-state index contributed by atoms with van der Waals surface area (Å²) in [6.45, 7) is 3.94. The van der Waals surface area contributed by atoms with E-state index in [-0.39, 0.29) is 12.6 Å². The lowest BCUT2D eigenvalue weighted by molar-refractivity contribution is -0.143. The number of carbonyl (C=O) groups is 1. The van der Waals surface area contributed by atoms with Crippen LogP contribution in [0.4, 0.5) is 0 Å². The molecule has 19 heavy (non-hydrogen) atoms. The van der Waals surface area contributed by atoms with Crippen LogP contribution in [0.25, 0.3) is 0 Å². The summed E-state index contributed by atoms with van der Waals surface area (Å²) in [6, 6.07) is -0.134. The summed E-state index contributed by atoms with van der Waals surface area (Å²) in [5.41, 5.74) is 0. The predicted octanol–water partition coefficient (Wildman–Crippen LogP) is 0.926. The average molecular weight is 293 g/mol. The van der Waals surface area contributed by atoms with Gasteiger partial charge < -0.3 is 9.84 Å². The van der Waals surface area contributed by atoms with Gasteiger partial charge in [-0.1, -0.05) is 0 Å². The van der Waals surface area contributed by atoms with Crippen LogP contribution in [-0.4, -0.2) is 55.4 Å². The minimum atomic E-state index is -3.46. The number of rotatable bonds is 6. The van der Waals surface area contributed by atoms with Gasteiger partial charge in [0.25, 0.3) is 0 Å². The van der Waals surface area contributed by atoms with Gasteiger partial charge in [0.1, 0.15) is 0 Å². The molecule has 1 aliphatic rings. The van der Waals surface area contributed by atoms with Gasteiger partial charge in [-0.2, -0.15) is 4.31 Å². The van der Waals surface area contributed by atoms with Gasteiger partial charge in [-0.05, 0) is 33.1 Å². The molecular formula is C12H23NO5S. The van der Waals surface area contributed by atoms with Crippen molar-refractivity contribution in [1.29, 1.82) is 0 Å². The molecule has 0 aromatic heterocycles. The van der Waals surface area contributed by atoms with Gasteiger partial charge in [0.05, 0.1) is 11.2 Å². The maximum absolute atomic E-state index is 12.4. The first-order valence-corrected chi connectivity index (χ1v) is 8.03. The van der Waals surface area contributed by atoms with E-state index in [1.807, 2.05) is 6.92 Å². The van der Waals surface area contributed by atoms with Gasteiger partial charge in [0, 0.05) is 26.3 Å². The van der Waals surface area contributed by atoms with Crippen LogP contribution in [0.2, 0.25) is 0 Å². The first-order chi connectivity index (χ1) is 8.80. The number of sulfonamides is 1. The van der Waals surface area contributed by atoms with E-state index in [0.717, 1.165) is 0 Å². The highest BCUT2D eigenvalue weighted by molar-refractivity contribution is 7.89. The lowest BCUT2D eigenvalue weighted by atomic mass is 9.96. The van der Waals surface area contributed by atoms with Crippen molar-refractivity contribution in [1.82, 2.24) is 4.31 Å². The quantitative estimate of drug-likeness (QED) is 0.787. The molecule has 0 aliphatic carbocycles. The van der Waals surface area contributed by atoms with E-state index >= 15 is 0 Å². The smallest absolute Gasteiger partial charge is 0.307 e. The zero-order valence-corrected chi connectivity index (χ0v) is 12.5. The molecular weight excluding hydrogens is 270 g/mol. The minimum absolute atomic E-state index is 0.0795. The Morgan fingerprint density at radius 1 is 1.47 bits per heavy atom. The Labute approximate surface area is 114 Å². The van der Waals surface area contributed by atoms with Crippen LogP contribution in [0.1, 0.15) is 33.1 Å². The van der Waals surface area contributed by atoms with Crippen LogP contribution >= 0.6 is 0 Å². The van der Waals surface area contributed by atoms with Crippen LogP contribution in [0, 0.1) is 5.92 Å². The number of methoxy groups -OCH3 is 1. The monoisotopic (exact) mass is 293 g/mol. The lowest BCUT2D eigenvalue weighted by Gasteiger charge is -2.37. The van der Waals surface area contributed by atoms with Gasteiger partial charge in [-0.15, -0.1) is 0 Å². The summed E-state index contributed by atoms with van der Waals surface area (Å²) < 4.78 is 31.2. The summed E-state index contributed by atoms with van der Waals surface area (Å²) in [4.78, 5) is 11.0. The second kappa shape index (κ2) is 6.67. The summed E-state index contributed by atoms with van der Waals surface area (Å²) in [7, 11) is -1.93. The molecule has 0 amide bonds. The van der Waals surface area contributed by atoms with Crippen LogP contribution in [0.15, 0.2) is 0 Å². The number of carboxylic acids is 1. The van der Waals surface area contributed by atoms with E-state index in [1.165, 1.54) is 11.4 Å². The first-order valence-electron chi connectivity index (χ1n) is 6.53. The largest absolute Gasteiger partial charge is 0.481 e. The fraction of sp³-hybridized carbons (Fsp3) is 0.917. The number of hydrogen-bond donors (Lipinski definition) is 1. The molecule has 0 spiro atoms. The Morgan fingerprint density at radius 2 is 2.11 bits per heavy atom. The standard InChI is InChI=1S/C12H23NO5S/c1-9-4-5-11(12(14)15)8-13(9)19(16,17)10(2)6-7-18-3/h9-11H,4-8H2,1-3H3,(H,14,15). The van der Waals surface area contributed by atoms with Crippen LogP contribution in [0.3, 0.4) is 0 Å². The molecule has 1 rings (SSSR count). The van der Waals surface area contributed by atoms with Gasteiger partial charge in [-0.25, -0.2) is 8.42 Å². The van der Waals surface area contributed by atoms with Gasteiger partial charge in [-0.3, -0.25) is 4.79 Å². The second-order valence-corrected chi connectivity index (χ2v) is 7.47. The average Bonchev–Trinajstić information content (AvgIpc) is 2.35. The van der Waals surface area contributed by atoms with Crippen LogP contribution in [0.5, 0.6) is 0 Å². The number of piperidine rings is 1. The van der Waals surface area contributed by atoms with Crippen molar-refractivity contribution in [2.24, 2.45) is 5.92 Å². The number of carboxylic acid groups (broad SMARTS) is 1. The van der Waals surface area contributed by atoms with Crippen molar-refractivity contribution in [3.8, 4) is 0 Å². The van der Waals surface area contributed by atoms with Crippen molar-refractivity contribution in [3.63, 3.8) is 0 Å². The molecule has 0 saturated carbocycles. The van der Waals surface area contributed by atoms with Crippen LogP contribution in [-0.2, 0) is 19.6 Å². The van der Waals surface area contributed by atoms with Crippen molar-refractivity contribution in [3.05, 3.63) is 0 Å². The first kappa shape index (κ1) is 16.4. The number of aliphatic carboxylic acids is 1. The molecule has 1 fully saturated rings. The van der Waals surface area contributed by atoms with Gasteiger partial charge in [0.15, 0.2) is 0 Å². The van der Waals surface area contributed by atoms with Gasteiger partial charge in [0.2, 0.25) is 10.0 Å². The van der Waals surface area contributed by atoms with E-state index in [1.54, 1.807) is 6.92 Å². The Balaban J connectivity index is 2.82. The van der Waals surface area contributed by atoms with Crippen molar-refractivity contribution < 1.29 is 23.1 Å². The third kappa shape index (κ3) is 3.90. The van der Waals surface area contributed by atoms with Crippen LogP contribution < -0.4 is 0 Å². The topological polar surface area (TPSA) is 83.9 Å². The number of ether oxygens (including phenoxy) is 1. The SMILES string of the molecule is COCCC(C)S(=O)(=O)N1CC(C(=O)O)CCC1C. The third-order valence-electron chi connectivity index (χ3n) is 3.74. The summed E-state index contributed by atoms with van der Waals surface area (Å²) in [5.74, 6) is -1.52. The summed E-state index contributed by atoms with van der Waals surface area (Å²) >= 11 is 0. The normalized spacial score (nSPS) is 27.1. The molecule has 0 aromatic rings.